The zero-order chi connectivity index (χ0) is 59.9. The Hall–Kier alpha value is -4.97. The molecule has 0 fully saturated rings. The van der Waals surface area contributed by atoms with Crippen molar-refractivity contribution in [2.75, 3.05) is 13.2 Å². The predicted octanol–water partition coefficient (Wildman–Crippen LogP) is 23.7. The van der Waals surface area contributed by atoms with E-state index in [0.29, 0.717) is 19.3 Å². The first-order valence-corrected chi connectivity index (χ1v) is 34.0. The summed E-state index contributed by atoms with van der Waals surface area (Å²) < 4.78 is 16.9. The molecule has 0 rings (SSSR count). The first-order chi connectivity index (χ1) is 41.0. The van der Waals surface area contributed by atoms with Crippen molar-refractivity contribution in [2.45, 2.75) is 297 Å². The van der Waals surface area contributed by atoms with Gasteiger partial charge in [0.25, 0.3) is 0 Å². The average molecular weight is 1150 g/mol. The van der Waals surface area contributed by atoms with E-state index in [1.807, 2.05) is 0 Å². The Morgan fingerprint density at radius 2 is 0.470 bits per heavy atom. The SMILES string of the molecule is CC/C=C\C/C=C\C/C=C\C/C=C\C/C=C\C/C=C\C/C=C\CCCCCC(=O)OCC(COC(=O)CCCCCCCC/C=C\C/C=C\C/C=C\C/C=C\CC)OC(=O)CCCCCCCCCCC/C=C\C/C=C\CCCCCCC. The maximum absolute atomic E-state index is 13.0. The highest BCUT2D eigenvalue weighted by molar-refractivity contribution is 5.71. The van der Waals surface area contributed by atoms with Crippen LogP contribution in [0.4, 0.5) is 0 Å². The first kappa shape index (κ1) is 78.0. The van der Waals surface area contributed by atoms with Crippen LogP contribution in [0.3, 0.4) is 0 Å². The Bertz CT molecular complexity index is 1840. The molecule has 1 unspecified atom stereocenters. The Labute approximate surface area is 511 Å². The van der Waals surface area contributed by atoms with Gasteiger partial charge >= 0.3 is 17.9 Å². The molecule has 0 spiro atoms. The minimum atomic E-state index is -0.811. The van der Waals surface area contributed by atoms with Gasteiger partial charge in [-0.3, -0.25) is 14.4 Å². The normalized spacial score (nSPS) is 13.1. The highest BCUT2D eigenvalue weighted by atomic mass is 16.6. The number of rotatable bonds is 60. The van der Waals surface area contributed by atoms with Crippen molar-refractivity contribution in [3.05, 3.63) is 158 Å². The molecule has 0 aromatic heterocycles. The van der Waals surface area contributed by atoms with Crippen molar-refractivity contribution in [2.24, 2.45) is 0 Å². The summed E-state index contributed by atoms with van der Waals surface area (Å²) in [4.78, 5) is 38.5. The van der Waals surface area contributed by atoms with Gasteiger partial charge < -0.3 is 14.2 Å². The second kappa shape index (κ2) is 69.5. The summed E-state index contributed by atoms with van der Waals surface area (Å²) in [5.41, 5.74) is 0. The van der Waals surface area contributed by atoms with E-state index in [2.05, 4.69) is 179 Å². The molecule has 0 bridgehead atoms. The van der Waals surface area contributed by atoms with E-state index in [-0.39, 0.29) is 31.1 Å². The third-order valence-corrected chi connectivity index (χ3v) is 14.0. The highest BCUT2D eigenvalue weighted by Gasteiger charge is 2.19. The van der Waals surface area contributed by atoms with Crippen LogP contribution in [0, 0.1) is 0 Å². The van der Waals surface area contributed by atoms with Crippen molar-refractivity contribution < 1.29 is 28.6 Å². The molecule has 0 radical (unpaired) electrons. The lowest BCUT2D eigenvalue weighted by molar-refractivity contribution is -0.167. The zero-order valence-electron chi connectivity index (χ0n) is 53.7. The summed E-state index contributed by atoms with van der Waals surface area (Å²) in [6.45, 7) is 6.37. The molecule has 1 atom stereocenters. The molecule has 468 valence electrons. The van der Waals surface area contributed by atoms with Gasteiger partial charge in [-0.05, 0) is 148 Å². The lowest BCUT2D eigenvalue weighted by Crippen LogP contribution is -2.30. The van der Waals surface area contributed by atoms with Gasteiger partial charge in [0.2, 0.25) is 0 Å². The maximum Gasteiger partial charge on any atom is 0.306 e. The third-order valence-electron chi connectivity index (χ3n) is 14.0. The van der Waals surface area contributed by atoms with Crippen molar-refractivity contribution >= 4 is 17.9 Å². The number of hydrogen-bond donors (Lipinski definition) is 0. The van der Waals surface area contributed by atoms with Gasteiger partial charge in [0, 0.05) is 19.3 Å². The smallest absolute Gasteiger partial charge is 0.306 e. The number of ether oxygens (including phenoxy) is 3. The molecule has 0 heterocycles. The Morgan fingerprint density at radius 1 is 0.253 bits per heavy atom. The summed E-state index contributed by atoms with van der Waals surface area (Å²) in [6.07, 6.45) is 101. The van der Waals surface area contributed by atoms with E-state index >= 15 is 0 Å². The van der Waals surface area contributed by atoms with Crippen LogP contribution in [-0.4, -0.2) is 37.2 Å². The fourth-order valence-electron chi connectivity index (χ4n) is 8.97. The minimum absolute atomic E-state index is 0.104. The van der Waals surface area contributed by atoms with E-state index < -0.39 is 6.10 Å². The predicted molar refractivity (Wildman–Crippen MR) is 362 cm³/mol. The molecule has 0 saturated heterocycles. The van der Waals surface area contributed by atoms with Gasteiger partial charge in [0.15, 0.2) is 6.10 Å². The van der Waals surface area contributed by atoms with Crippen LogP contribution in [0.2, 0.25) is 0 Å². The van der Waals surface area contributed by atoms with Crippen LogP contribution in [0.5, 0.6) is 0 Å². The molecule has 0 N–H and O–H groups in total. The number of carbonyl (C=O) groups excluding carboxylic acids is 3. The fourth-order valence-corrected chi connectivity index (χ4v) is 8.97. The number of allylic oxidation sites excluding steroid dienone is 26. The van der Waals surface area contributed by atoms with Crippen LogP contribution in [0.1, 0.15) is 290 Å². The van der Waals surface area contributed by atoms with Crippen LogP contribution in [0.25, 0.3) is 0 Å². The van der Waals surface area contributed by atoms with E-state index in [1.165, 1.54) is 96.3 Å². The number of carbonyl (C=O) groups is 3. The number of hydrogen-bond acceptors (Lipinski definition) is 6. The van der Waals surface area contributed by atoms with Crippen molar-refractivity contribution in [3.63, 3.8) is 0 Å². The van der Waals surface area contributed by atoms with Gasteiger partial charge in [-0.25, -0.2) is 0 Å². The van der Waals surface area contributed by atoms with Crippen molar-refractivity contribution in [1.82, 2.24) is 0 Å². The Kier molecular flexibility index (Phi) is 65.4. The number of esters is 3. The van der Waals surface area contributed by atoms with Crippen molar-refractivity contribution in [3.8, 4) is 0 Å². The minimum Gasteiger partial charge on any atom is -0.462 e. The van der Waals surface area contributed by atoms with Gasteiger partial charge in [-0.15, -0.1) is 0 Å². The molecule has 6 nitrogen and oxygen atoms in total. The Balaban J connectivity index is 4.51. The van der Waals surface area contributed by atoms with E-state index in [1.54, 1.807) is 0 Å². The van der Waals surface area contributed by atoms with E-state index in [0.717, 1.165) is 154 Å². The van der Waals surface area contributed by atoms with Crippen LogP contribution < -0.4 is 0 Å². The maximum atomic E-state index is 13.0. The molecular formula is C77H124O6. The van der Waals surface area contributed by atoms with Crippen LogP contribution >= 0.6 is 0 Å². The first-order valence-electron chi connectivity index (χ1n) is 34.0. The molecule has 0 saturated carbocycles. The third kappa shape index (κ3) is 67.7. The zero-order valence-corrected chi connectivity index (χ0v) is 53.7. The second-order valence-corrected chi connectivity index (χ2v) is 22.0. The molecule has 6 heteroatoms. The molecule has 0 aliphatic heterocycles. The summed E-state index contributed by atoms with van der Waals surface area (Å²) in [7, 11) is 0. The molecule has 0 aromatic rings. The molecule has 83 heavy (non-hydrogen) atoms. The van der Waals surface area contributed by atoms with Gasteiger partial charge in [0.05, 0.1) is 0 Å². The van der Waals surface area contributed by atoms with Crippen LogP contribution in [-0.2, 0) is 28.6 Å². The van der Waals surface area contributed by atoms with Gasteiger partial charge in [-0.2, -0.15) is 0 Å². The second-order valence-electron chi connectivity index (χ2n) is 22.0. The molecular weight excluding hydrogens is 1020 g/mol. The monoisotopic (exact) mass is 1140 g/mol. The lowest BCUT2D eigenvalue weighted by Gasteiger charge is -2.18. The molecule has 0 aliphatic rings. The number of unbranched alkanes of at least 4 members (excludes halogenated alkanes) is 23. The largest absolute Gasteiger partial charge is 0.462 e. The lowest BCUT2D eigenvalue weighted by atomic mass is 10.1. The van der Waals surface area contributed by atoms with E-state index in [4.69, 9.17) is 14.2 Å². The molecule has 0 aliphatic carbocycles. The molecule has 0 aromatic carbocycles. The average Bonchev–Trinajstić information content (AvgIpc) is 3.50. The Morgan fingerprint density at radius 3 is 0.747 bits per heavy atom. The topological polar surface area (TPSA) is 78.9 Å². The van der Waals surface area contributed by atoms with Crippen molar-refractivity contribution in [1.29, 1.82) is 0 Å². The van der Waals surface area contributed by atoms with E-state index in [9.17, 15) is 14.4 Å². The summed E-state index contributed by atoms with van der Waals surface area (Å²) in [6, 6.07) is 0. The standard InChI is InChI=1S/C77H124O6/c1-4-7-10-13-16-19-22-25-28-31-34-36-37-38-39-41-43-46-49-52-55-58-61-64-67-70-76(79)82-73-74(72-81-75(78)69-66-63-60-57-54-51-48-45-42-33-30-27-24-21-18-15-12-9-6-3)83-77(80)71-68-65-62-59-56-53-50-47-44-40-35-32-29-26-23-20-17-14-11-8-5-2/h7,9-10,12,16,18-19,21,23,25-28,30,32,34-36,38-39,42-43,45-46,52,55,74H,4-6,8,11,13-15,17,20,22,24,29,31,33,37,40-41,44,47-51,53-54,56-73H2,1-3H3/b10-7-,12-9-,19-16-,21-18-,26-23-,28-25-,30-27-,35-32-,36-34-,39-38-,45-42-,46-43-,55-52-. The highest BCUT2D eigenvalue weighted by Crippen LogP contribution is 2.15. The van der Waals surface area contributed by atoms with Crippen LogP contribution in [0.15, 0.2) is 158 Å². The van der Waals surface area contributed by atoms with Gasteiger partial charge in [-0.1, -0.05) is 281 Å². The summed E-state index contributed by atoms with van der Waals surface area (Å²) >= 11 is 0. The van der Waals surface area contributed by atoms with Gasteiger partial charge in [0.1, 0.15) is 13.2 Å². The quantitative estimate of drug-likeness (QED) is 0.0261. The fraction of sp³-hybridized carbons (Fsp3) is 0.623. The summed E-state index contributed by atoms with van der Waals surface area (Å²) in [5, 5.41) is 0. The summed E-state index contributed by atoms with van der Waals surface area (Å²) in [5.74, 6) is -0.953. The molecule has 0 amide bonds.